The van der Waals surface area contributed by atoms with Crippen molar-refractivity contribution in [2.45, 2.75) is 144 Å². The molecule has 0 saturated heterocycles. The van der Waals surface area contributed by atoms with Gasteiger partial charge in [0.2, 0.25) is 0 Å². The molecule has 0 nitrogen and oxygen atoms in total. The Bertz CT molecular complexity index is 235. The van der Waals surface area contributed by atoms with Crippen molar-refractivity contribution in [2.24, 2.45) is 11.3 Å². The highest BCUT2D eigenvalue weighted by Crippen LogP contribution is 2.34. The maximum atomic E-state index is 2.46. The molecule has 1 atom stereocenters. The monoisotopic (exact) mass is 338 g/mol. The van der Waals surface area contributed by atoms with Gasteiger partial charge in [0.15, 0.2) is 0 Å². The van der Waals surface area contributed by atoms with Crippen molar-refractivity contribution in [3.05, 3.63) is 0 Å². The normalized spacial score (nSPS) is 13.4. The minimum atomic E-state index is 0.503. The van der Waals surface area contributed by atoms with E-state index in [4.69, 9.17) is 0 Å². The number of hydrogen-bond donors (Lipinski definition) is 0. The molecular formula is C24H50. The summed E-state index contributed by atoms with van der Waals surface area (Å²) in [5.41, 5.74) is 0.503. The van der Waals surface area contributed by atoms with Crippen molar-refractivity contribution in [1.29, 1.82) is 0 Å². The minimum Gasteiger partial charge on any atom is -0.0654 e. The van der Waals surface area contributed by atoms with Gasteiger partial charge in [0, 0.05) is 0 Å². The first kappa shape index (κ1) is 24.0. The molecule has 0 aliphatic rings. The third-order valence-corrected chi connectivity index (χ3v) is 5.79. The predicted molar refractivity (Wildman–Crippen MR) is 113 cm³/mol. The highest BCUT2D eigenvalue weighted by atomic mass is 14.3. The van der Waals surface area contributed by atoms with Crippen LogP contribution in [-0.4, -0.2) is 0 Å². The summed E-state index contributed by atoms with van der Waals surface area (Å²) in [7, 11) is 0. The van der Waals surface area contributed by atoms with Gasteiger partial charge in [-0.1, -0.05) is 131 Å². The topological polar surface area (TPSA) is 0 Å². The number of hydrogen-bond acceptors (Lipinski definition) is 0. The summed E-state index contributed by atoms with van der Waals surface area (Å²) < 4.78 is 0. The SMILES string of the molecule is CCCCCCCCCCC(CCCCCCCCC)C(C)(C)C. The Labute approximate surface area is 155 Å². The molecule has 0 bridgehead atoms. The van der Waals surface area contributed by atoms with Crippen molar-refractivity contribution >= 4 is 0 Å². The Balaban J connectivity index is 3.68. The van der Waals surface area contributed by atoms with E-state index in [2.05, 4.69) is 34.6 Å². The molecule has 0 aromatic heterocycles. The molecule has 0 fully saturated rings. The van der Waals surface area contributed by atoms with Crippen LogP contribution < -0.4 is 0 Å². The molecule has 0 heterocycles. The van der Waals surface area contributed by atoms with Gasteiger partial charge in [0.25, 0.3) is 0 Å². The molecule has 0 radical (unpaired) electrons. The number of unbranched alkanes of at least 4 members (excludes halogenated alkanes) is 13. The van der Waals surface area contributed by atoms with Gasteiger partial charge in [0.05, 0.1) is 0 Å². The van der Waals surface area contributed by atoms with E-state index >= 15 is 0 Å². The molecule has 0 amide bonds. The molecule has 24 heavy (non-hydrogen) atoms. The van der Waals surface area contributed by atoms with Gasteiger partial charge < -0.3 is 0 Å². The Morgan fingerprint density at radius 3 is 1.04 bits per heavy atom. The minimum absolute atomic E-state index is 0.503. The third-order valence-electron chi connectivity index (χ3n) is 5.79. The summed E-state index contributed by atoms with van der Waals surface area (Å²) in [5, 5.41) is 0. The fraction of sp³-hybridized carbons (Fsp3) is 1.00. The molecule has 0 aromatic carbocycles. The first-order valence-corrected chi connectivity index (χ1v) is 11.5. The van der Waals surface area contributed by atoms with Crippen LogP contribution in [0.25, 0.3) is 0 Å². The van der Waals surface area contributed by atoms with Crippen molar-refractivity contribution in [3.8, 4) is 0 Å². The maximum Gasteiger partial charge on any atom is -0.0354 e. The smallest absolute Gasteiger partial charge is 0.0354 e. The van der Waals surface area contributed by atoms with E-state index in [1.165, 1.54) is 109 Å². The summed E-state index contributed by atoms with van der Waals surface area (Å²) in [4.78, 5) is 0. The quantitative estimate of drug-likeness (QED) is 0.232. The van der Waals surface area contributed by atoms with E-state index in [-0.39, 0.29) is 0 Å². The lowest BCUT2D eigenvalue weighted by Crippen LogP contribution is -2.20. The maximum absolute atomic E-state index is 2.46. The molecular weight excluding hydrogens is 288 g/mol. The Kier molecular flexibility index (Phi) is 16.5. The third kappa shape index (κ3) is 15.5. The van der Waals surface area contributed by atoms with E-state index in [0.717, 1.165) is 5.92 Å². The van der Waals surface area contributed by atoms with Crippen molar-refractivity contribution in [3.63, 3.8) is 0 Å². The van der Waals surface area contributed by atoms with E-state index in [0.29, 0.717) is 5.41 Å². The first-order valence-electron chi connectivity index (χ1n) is 11.5. The van der Waals surface area contributed by atoms with Crippen LogP contribution in [0, 0.1) is 11.3 Å². The van der Waals surface area contributed by atoms with Crippen LogP contribution in [-0.2, 0) is 0 Å². The van der Waals surface area contributed by atoms with Crippen LogP contribution in [0.3, 0.4) is 0 Å². The summed E-state index contributed by atoms with van der Waals surface area (Å²) in [5.74, 6) is 0.938. The van der Waals surface area contributed by atoms with Gasteiger partial charge in [-0.3, -0.25) is 0 Å². The van der Waals surface area contributed by atoms with Crippen LogP contribution >= 0.6 is 0 Å². The largest absolute Gasteiger partial charge is 0.0654 e. The molecule has 0 aromatic rings. The fourth-order valence-corrected chi connectivity index (χ4v) is 3.88. The van der Waals surface area contributed by atoms with E-state index in [1.54, 1.807) is 0 Å². The van der Waals surface area contributed by atoms with Crippen molar-refractivity contribution in [2.75, 3.05) is 0 Å². The van der Waals surface area contributed by atoms with Gasteiger partial charge >= 0.3 is 0 Å². The Morgan fingerprint density at radius 1 is 0.458 bits per heavy atom. The predicted octanol–water partition coefficient (Wildman–Crippen LogP) is 9.32. The van der Waals surface area contributed by atoms with Crippen molar-refractivity contribution < 1.29 is 0 Å². The van der Waals surface area contributed by atoms with Crippen LogP contribution in [0.1, 0.15) is 144 Å². The zero-order valence-electron chi connectivity index (χ0n) is 18.1. The fourth-order valence-electron chi connectivity index (χ4n) is 3.88. The average Bonchev–Trinajstić information content (AvgIpc) is 2.53. The average molecular weight is 339 g/mol. The molecule has 1 unspecified atom stereocenters. The summed E-state index contributed by atoms with van der Waals surface area (Å²) in [6.07, 6.45) is 24.6. The molecule has 0 rings (SSSR count). The van der Waals surface area contributed by atoms with E-state index in [9.17, 15) is 0 Å². The summed E-state index contributed by atoms with van der Waals surface area (Å²) in [6.45, 7) is 12.0. The summed E-state index contributed by atoms with van der Waals surface area (Å²) in [6, 6.07) is 0. The highest BCUT2D eigenvalue weighted by molar-refractivity contribution is 4.74. The lowest BCUT2D eigenvalue weighted by atomic mass is 9.75. The second-order valence-corrected chi connectivity index (χ2v) is 9.24. The lowest BCUT2D eigenvalue weighted by molar-refractivity contribution is 0.201. The molecule has 0 saturated carbocycles. The van der Waals surface area contributed by atoms with Crippen molar-refractivity contribution in [1.82, 2.24) is 0 Å². The summed E-state index contributed by atoms with van der Waals surface area (Å²) >= 11 is 0. The van der Waals surface area contributed by atoms with Gasteiger partial charge in [-0.2, -0.15) is 0 Å². The standard InChI is InChI=1S/C24H50/c1-6-8-10-12-14-16-18-20-22-23(24(3,4)5)21-19-17-15-13-11-9-7-2/h23H,6-22H2,1-5H3. The zero-order chi connectivity index (χ0) is 18.1. The van der Waals surface area contributed by atoms with Gasteiger partial charge in [-0.15, -0.1) is 0 Å². The molecule has 0 heteroatoms. The van der Waals surface area contributed by atoms with Crippen LogP contribution in [0.15, 0.2) is 0 Å². The Hall–Kier alpha value is 0. The molecule has 146 valence electrons. The lowest BCUT2D eigenvalue weighted by Gasteiger charge is -2.31. The highest BCUT2D eigenvalue weighted by Gasteiger charge is 2.23. The van der Waals surface area contributed by atoms with Crippen LogP contribution in [0.4, 0.5) is 0 Å². The van der Waals surface area contributed by atoms with Crippen LogP contribution in [0.5, 0.6) is 0 Å². The van der Waals surface area contributed by atoms with Gasteiger partial charge in [-0.25, -0.2) is 0 Å². The number of rotatable bonds is 17. The second-order valence-electron chi connectivity index (χ2n) is 9.24. The first-order chi connectivity index (χ1) is 11.5. The van der Waals surface area contributed by atoms with Gasteiger partial charge in [0.1, 0.15) is 0 Å². The molecule has 0 aliphatic carbocycles. The van der Waals surface area contributed by atoms with E-state index in [1.807, 2.05) is 0 Å². The zero-order valence-corrected chi connectivity index (χ0v) is 18.1. The molecule has 0 N–H and O–H groups in total. The Morgan fingerprint density at radius 2 is 0.750 bits per heavy atom. The van der Waals surface area contributed by atoms with Gasteiger partial charge in [-0.05, 0) is 24.2 Å². The molecule has 0 spiro atoms. The second kappa shape index (κ2) is 16.5. The van der Waals surface area contributed by atoms with E-state index < -0.39 is 0 Å². The molecule has 0 aliphatic heterocycles. The van der Waals surface area contributed by atoms with Crippen LogP contribution in [0.2, 0.25) is 0 Å².